The Morgan fingerprint density at radius 2 is 1.36 bits per heavy atom. The normalized spacial score (nSPS) is 22.5. The number of hydrogen-bond donors (Lipinski definition) is 1. The van der Waals surface area contributed by atoms with Crippen molar-refractivity contribution in [1.82, 2.24) is 24.8 Å². The largest absolute Gasteiger partial charge is 0.444 e. The minimum atomic E-state index is -0.570. The van der Waals surface area contributed by atoms with Crippen LogP contribution in [0.15, 0.2) is 46.9 Å². The number of imidazole rings is 1. The molecule has 0 saturated carbocycles. The number of ether oxygens (including phenoxy) is 2. The summed E-state index contributed by atoms with van der Waals surface area (Å²) in [6.45, 7) is 16.9. The van der Waals surface area contributed by atoms with Crippen LogP contribution in [0, 0.1) is 11.8 Å². The summed E-state index contributed by atoms with van der Waals surface area (Å²) in [5, 5.41) is 0. The minimum absolute atomic E-state index is 0.120. The molecule has 0 spiro atoms. The smallest absolute Gasteiger partial charge is 0.410 e. The second kappa shape index (κ2) is 12.6. The van der Waals surface area contributed by atoms with Gasteiger partial charge in [0, 0.05) is 18.8 Å². The molecule has 2 amide bonds. The van der Waals surface area contributed by atoms with Gasteiger partial charge in [0.05, 0.1) is 11.7 Å². The average Bonchev–Trinajstić information content (AvgIpc) is 3.82. The molecule has 2 aromatic heterocycles. The van der Waals surface area contributed by atoms with Crippen LogP contribution < -0.4 is 0 Å². The minimum Gasteiger partial charge on any atom is -0.444 e. The number of hydrogen-bond acceptors (Lipinski definition) is 7. The lowest BCUT2D eigenvalue weighted by molar-refractivity contribution is 0.0196. The number of nitrogens with one attached hydrogen (secondary N) is 1. The molecule has 4 heterocycles. The molecule has 1 N–H and O–H groups in total. The van der Waals surface area contributed by atoms with Gasteiger partial charge in [-0.3, -0.25) is 9.80 Å². The summed E-state index contributed by atoms with van der Waals surface area (Å²) in [6.07, 6.45) is 4.96. The number of aromatic nitrogens is 3. The summed E-state index contributed by atoms with van der Waals surface area (Å²) in [5.41, 5.74) is 6.93. The molecule has 2 saturated heterocycles. The van der Waals surface area contributed by atoms with Crippen molar-refractivity contribution in [3.05, 3.63) is 71.1 Å². The fourth-order valence-electron chi connectivity index (χ4n) is 7.41. The van der Waals surface area contributed by atoms with E-state index in [4.69, 9.17) is 23.9 Å². The van der Waals surface area contributed by atoms with Crippen molar-refractivity contribution in [3.63, 3.8) is 0 Å². The standard InChI is InChI=1S/C40H49N5O5/c1-23-17-32(44(21-23)37(46)49-39(3,4)5)35-41-29-15-13-27(19-31(29)42-35)25-9-11-26(12-10-25)28-14-16-30-34(20-28)48-36(43-30)33-18-24(2)22-45(33)38(47)50-40(6,7)8/h9-12,14,16,19-20,23-24,32-33H,13,15,17-18,21-22H2,1-8H3,(H,41,42). The van der Waals surface area contributed by atoms with E-state index in [1.807, 2.05) is 58.6 Å². The number of allylic oxidation sites excluding steroid dienone is 1. The SMILES string of the molecule is CC1CC(c2nc3c([nH]2)CCC(c2ccc(-c4ccc5nc(C6CC(C)CN6C(=O)OC(C)(C)C)oc5c4)cc2)=C3)N(C(=O)OC(C)(C)C)C1. The quantitative estimate of drug-likeness (QED) is 0.229. The molecule has 10 nitrogen and oxygen atoms in total. The highest BCUT2D eigenvalue weighted by Gasteiger charge is 2.40. The van der Waals surface area contributed by atoms with Gasteiger partial charge in [-0.15, -0.1) is 0 Å². The topological polar surface area (TPSA) is 114 Å². The molecular weight excluding hydrogens is 630 g/mol. The molecule has 10 heteroatoms. The zero-order valence-corrected chi connectivity index (χ0v) is 30.5. The van der Waals surface area contributed by atoms with Crippen molar-refractivity contribution >= 4 is 34.9 Å². The summed E-state index contributed by atoms with van der Waals surface area (Å²) in [6, 6.07) is 14.3. The zero-order valence-electron chi connectivity index (χ0n) is 30.5. The predicted octanol–water partition coefficient (Wildman–Crippen LogP) is 9.34. The number of aryl methyl sites for hydroxylation is 1. The van der Waals surface area contributed by atoms with E-state index in [0.29, 0.717) is 36.4 Å². The lowest BCUT2D eigenvalue weighted by Crippen LogP contribution is -2.37. The molecule has 7 rings (SSSR count). The predicted molar refractivity (Wildman–Crippen MR) is 193 cm³/mol. The maximum Gasteiger partial charge on any atom is 0.410 e. The number of rotatable bonds is 4. The van der Waals surface area contributed by atoms with E-state index in [1.165, 1.54) is 5.57 Å². The first kappa shape index (κ1) is 33.9. The number of H-pyrrole nitrogens is 1. The Morgan fingerprint density at radius 1 is 0.780 bits per heavy atom. The third-order valence-electron chi connectivity index (χ3n) is 9.66. The Morgan fingerprint density at radius 3 is 2.00 bits per heavy atom. The number of carbonyl (C=O) groups is 2. The van der Waals surface area contributed by atoms with Gasteiger partial charge in [-0.25, -0.2) is 19.6 Å². The van der Waals surface area contributed by atoms with Gasteiger partial charge >= 0.3 is 12.2 Å². The zero-order chi connectivity index (χ0) is 35.5. The van der Waals surface area contributed by atoms with Crippen LogP contribution in [0.25, 0.3) is 33.9 Å². The van der Waals surface area contributed by atoms with Crippen LogP contribution in [0.5, 0.6) is 0 Å². The highest BCUT2D eigenvalue weighted by molar-refractivity contribution is 5.85. The van der Waals surface area contributed by atoms with Gasteiger partial charge in [0.2, 0.25) is 5.89 Å². The van der Waals surface area contributed by atoms with Gasteiger partial charge in [0.25, 0.3) is 0 Å². The summed E-state index contributed by atoms with van der Waals surface area (Å²) in [4.78, 5) is 42.9. The molecule has 2 fully saturated rings. The molecule has 264 valence electrons. The Hall–Kier alpha value is -4.60. The molecule has 0 radical (unpaired) electrons. The maximum absolute atomic E-state index is 13.0. The first-order valence-corrected chi connectivity index (χ1v) is 17.9. The number of carbonyl (C=O) groups excluding carboxylic acids is 2. The number of likely N-dealkylation sites (tertiary alicyclic amines) is 2. The highest BCUT2D eigenvalue weighted by atomic mass is 16.6. The highest BCUT2D eigenvalue weighted by Crippen LogP contribution is 2.40. The third kappa shape index (κ3) is 7.02. The lowest BCUT2D eigenvalue weighted by atomic mass is 9.93. The second-order valence-electron chi connectivity index (χ2n) is 16.4. The monoisotopic (exact) mass is 679 g/mol. The number of oxazole rings is 1. The summed E-state index contributed by atoms with van der Waals surface area (Å²) in [5.74, 6) is 2.08. The van der Waals surface area contributed by atoms with Crippen LogP contribution in [0.1, 0.15) is 115 Å². The Labute approximate surface area is 294 Å². The van der Waals surface area contributed by atoms with Crippen molar-refractivity contribution in [3.8, 4) is 11.1 Å². The maximum atomic E-state index is 13.0. The van der Waals surface area contributed by atoms with Crippen molar-refractivity contribution in [2.75, 3.05) is 13.1 Å². The van der Waals surface area contributed by atoms with E-state index in [1.54, 1.807) is 4.90 Å². The van der Waals surface area contributed by atoms with E-state index in [0.717, 1.165) is 65.1 Å². The lowest BCUT2D eigenvalue weighted by Gasteiger charge is -2.27. The van der Waals surface area contributed by atoms with Crippen molar-refractivity contribution in [2.24, 2.45) is 11.8 Å². The van der Waals surface area contributed by atoms with Gasteiger partial charge in [-0.2, -0.15) is 0 Å². The molecular formula is C40H49N5O5. The fraction of sp³-hybridized carbons (Fsp3) is 0.500. The number of nitrogens with zero attached hydrogens (tertiary/aromatic N) is 4. The van der Waals surface area contributed by atoms with Crippen LogP contribution in [0.3, 0.4) is 0 Å². The van der Waals surface area contributed by atoms with Crippen LogP contribution in [0.2, 0.25) is 0 Å². The molecule has 1 aliphatic carbocycles. The Kier molecular flexibility index (Phi) is 8.55. The number of aromatic amines is 1. The number of benzene rings is 2. The molecule has 2 aromatic carbocycles. The van der Waals surface area contributed by atoms with Gasteiger partial charge in [-0.05, 0) is 120 Å². The first-order valence-electron chi connectivity index (χ1n) is 17.9. The fourth-order valence-corrected chi connectivity index (χ4v) is 7.41. The third-order valence-corrected chi connectivity index (χ3v) is 9.66. The van der Waals surface area contributed by atoms with Crippen molar-refractivity contribution in [2.45, 2.75) is 104 Å². The summed E-state index contributed by atoms with van der Waals surface area (Å²) in [7, 11) is 0. The Balaban J connectivity index is 1.07. The molecule has 50 heavy (non-hydrogen) atoms. The van der Waals surface area contributed by atoms with Crippen LogP contribution in [0.4, 0.5) is 9.59 Å². The van der Waals surface area contributed by atoms with E-state index in [9.17, 15) is 9.59 Å². The van der Waals surface area contributed by atoms with Gasteiger partial charge in [0.1, 0.15) is 28.6 Å². The molecule has 4 unspecified atom stereocenters. The molecule has 4 atom stereocenters. The molecule has 0 bridgehead atoms. The van der Waals surface area contributed by atoms with Gasteiger partial charge in [0.15, 0.2) is 5.58 Å². The van der Waals surface area contributed by atoms with E-state index < -0.39 is 11.2 Å². The van der Waals surface area contributed by atoms with E-state index >= 15 is 0 Å². The number of fused-ring (bicyclic) bond motifs is 2. The summed E-state index contributed by atoms with van der Waals surface area (Å²) >= 11 is 0. The van der Waals surface area contributed by atoms with E-state index in [-0.39, 0.29) is 24.3 Å². The summed E-state index contributed by atoms with van der Waals surface area (Å²) < 4.78 is 17.7. The Bertz CT molecular complexity index is 1940. The van der Waals surface area contributed by atoms with Gasteiger partial charge < -0.3 is 18.9 Å². The molecule has 2 aliphatic heterocycles. The second-order valence-corrected chi connectivity index (χ2v) is 16.4. The average molecular weight is 680 g/mol. The number of amides is 2. The molecule has 3 aliphatic rings. The van der Waals surface area contributed by atoms with Gasteiger partial charge in [-0.1, -0.05) is 44.2 Å². The van der Waals surface area contributed by atoms with Crippen LogP contribution in [-0.2, 0) is 15.9 Å². The first-order chi connectivity index (χ1) is 23.6. The van der Waals surface area contributed by atoms with Crippen molar-refractivity contribution < 1.29 is 23.5 Å². The van der Waals surface area contributed by atoms with E-state index in [2.05, 4.69) is 55.2 Å². The van der Waals surface area contributed by atoms with Crippen LogP contribution in [-0.4, -0.2) is 61.2 Å². The van der Waals surface area contributed by atoms with Crippen LogP contribution >= 0.6 is 0 Å². The van der Waals surface area contributed by atoms with Crippen molar-refractivity contribution in [1.29, 1.82) is 0 Å². The molecule has 4 aromatic rings.